The third-order valence-electron chi connectivity index (χ3n) is 2.69. The van der Waals surface area contributed by atoms with Crippen LogP contribution in [0.4, 0.5) is 0 Å². The van der Waals surface area contributed by atoms with Gasteiger partial charge in [-0.3, -0.25) is 4.79 Å². The molecule has 0 aliphatic rings. The number of rotatable bonds is 7. The summed E-state index contributed by atoms with van der Waals surface area (Å²) in [6.07, 6.45) is 0. The SMILES string of the molecule is COc1ccccc1OCc1nnc(SCC(N)=O)n1C. The molecule has 1 heterocycles. The molecule has 0 bridgehead atoms. The number of thioether (sulfide) groups is 1. The zero-order chi connectivity index (χ0) is 15.2. The van der Waals surface area contributed by atoms with Gasteiger partial charge in [-0.05, 0) is 12.1 Å². The minimum Gasteiger partial charge on any atom is -0.493 e. The second-order valence-electron chi connectivity index (χ2n) is 4.15. The number of aromatic nitrogens is 3. The van der Waals surface area contributed by atoms with Crippen LogP contribution in [0.25, 0.3) is 0 Å². The number of nitrogens with zero attached hydrogens (tertiary/aromatic N) is 3. The first kappa shape index (κ1) is 15.2. The summed E-state index contributed by atoms with van der Waals surface area (Å²) in [4.78, 5) is 10.8. The lowest BCUT2D eigenvalue weighted by atomic mass is 10.3. The fraction of sp³-hybridized carbons (Fsp3) is 0.308. The third kappa shape index (κ3) is 3.88. The number of ether oxygens (including phenoxy) is 2. The van der Waals surface area contributed by atoms with Gasteiger partial charge in [0, 0.05) is 7.05 Å². The second-order valence-corrected chi connectivity index (χ2v) is 5.09. The molecule has 2 N–H and O–H groups in total. The van der Waals surface area contributed by atoms with Gasteiger partial charge in [0.25, 0.3) is 0 Å². The normalized spacial score (nSPS) is 10.4. The Morgan fingerprint density at radius 1 is 1.33 bits per heavy atom. The molecule has 0 atom stereocenters. The van der Waals surface area contributed by atoms with E-state index in [1.54, 1.807) is 11.7 Å². The number of hydrogen-bond acceptors (Lipinski definition) is 6. The van der Waals surface area contributed by atoms with Crippen LogP contribution in [0.1, 0.15) is 5.82 Å². The summed E-state index contributed by atoms with van der Waals surface area (Å²) in [6.45, 7) is 0.251. The molecule has 2 rings (SSSR count). The van der Waals surface area contributed by atoms with Crippen molar-refractivity contribution in [3.05, 3.63) is 30.1 Å². The molecule has 1 amide bonds. The highest BCUT2D eigenvalue weighted by Crippen LogP contribution is 2.26. The van der Waals surface area contributed by atoms with E-state index in [2.05, 4.69) is 10.2 Å². The maximum Gasteiger partial charge on any atom is 0.227 e. The highest BCUT2D eigenvalue weighted by molar-refractivity contribution is 7.99. The molecule has 2 aromatic rings. The number of hydrogen-bond donors (Lipinski definition) is 1. The van der Waals surface area contributed by atoms with E-state index in [0.29, 0.717) is 22.5 Å². The van der Waals surface area contributed by atoms with Gasteiger partial charge in [0.1, 0.15) is 6.61 Å². The molecule has 21 heavy (non-hydrogen) atoms. The van der Waals surface area contributed by atoms with Gasteiger partial charge in [-0.15, -0.1) is 10.2 Å². The monoisotopic (exact) mass is 308 g/mol. The van der Waals surface area contributed by atoms with E-state index in [0.717, 1.165) is 0 Å². The molecule has 0 saturated heterocycles. The fourth-order valence-corrected chi connectivity index (χ4v) is 2.28. The minimum absolute atomic E-state index is 0.166. The Labute approximate surface area is 126 Å². The molecule has 0 spiro atoms. The van der Waals surface area contributed by atoms with Crippen molar-refractivity contribution >= 4 is 17.7 Å². The molecule has 1 aromatic heterocycles. The number of primary amides is 1. The van der Waals surface area contributed by atoms with Crippen molar-refractivity contribution in [2.24, 2.45) is 12.8 Å². The van der Waals surface area contributed by atoms with Gasteiger partial charge >= 0.3 is 0 Å². The topological polar surface area (TPSA) is 92.3 Å². The maximum absolute atomic E-state index is 10.8. The largest absolute Gasteiger partial charge is 0.493 e. The Balaban J connectivity index is 2.02. The molecular formula is C13H16N4O3S. The van der Waals surface area contributed by atoms with E-state index < -0.39 is 5.91 Å². The lowest BCUT2D eigenvalue weighted by molar-refractivity contribution is -0.115. The number of carbonyl (C=O) groups excluding carboxylic acids is 1. The molecule has 0 aliphatic carbocycles. The van der Waals surface area contributed by atoms with Crippen molar-refractivity contribution in [1.82, 2.24) is 14.8 Å². The molecule has 7 nitrogen and oxygen atoms in total. The third-order valence-corrected chi connectivity index (χ3v) is 3.74. The molecule has 0 unspecified atom stereocenters. The number of methoxy groups -OCH3 is 1. The van der Waals surface area contributed by atoms with Crippen LogP contribution < -0.4 is 15.2 Å². The van der Waals surface area contributed by atoms with E-state index in [1.807, 2.05) is 31.3 Å². The zero-order valence-corrected chi connectivity index (χ0v) is 12.6. The van der Waals surface area contributed by atoms with Crippen molar-refractivity contribution < 1.29 is 14.3 Å². The minimum atomic E-state index is -0.394. The maximum atomic E-state index is 10.8. The number of carbonyl (C=O) groups is 1. The van der Waals surface area contributed by atoms with Gasteiger partial charge in [0.2, 0.25) is 5.91 Å². The first-order valence-electron chi connectivity index (χ1n) is 6.17. The van der Waals surface area contributed by atoms with Gasteiger partial charge in [0.05, 0.1) is 12.9 Å². The molecule has 0 radical (unpaired) electrons. The highest BCUT2D eigenvalue weighted by Gasteiger charge is 2.12. The van der Waals surface area contributed by atoms with Crippen LogP contribution in [0.3, 0.4) is 0 Å². The van der Waals surface area contributed by atoms with Crippen LogP contribution in [0.5, 0.6) is 11.5 Å². The van der Waals surface area contributed by atoms with E-state index in [-0.39, 0.29) is 12.4 Å². The van der Waals surface area contributed by atoms with Crippen molar-refractivity contribution in [1.29, 1.82) is 0 Å². The average Bonchev–Trinajstić information content (AvgIpc) is 2.83. The predicted molar refractivity (Wildman–Crippen MR) is 78.2 cm³/mol. The van der Waals surface area contributed by atoms with E-state index in [9.17, 15) is 4.79 Å². The average molecular weight is 308 g/mol. The van der Waals surface area contributed by atoms with Gasteiger partial charge in [0.15, 0.2) is 22.5 Å². The summed E-state index contributed by atoms with van der Waals surface area (Å²) in [7, 11) is 3.40. The van der Waals surface area contributed by atoms with Crippen molar-refractivity contribution in [3.8, 4) is 11.5 Å². The summed E-state index contributed by atoms with van der Waals surface area (Å²) >= 11 is 1.24. The molecule has 0 aliphatic heterocycles. The van der Waals surface area contributed by atoms with E-state index in [1.165, 1.54) is 11.8 Å². The fourth-order valence-electron chi connectivity index (χ4n) is 1.61. The summed E-state index contributed by atoms with van der Waals surface area (Å²) in [6, 6.07) is 7.37. The highest BCUT2D eigenvalue weighted by atomic mass is 32.2. The molecule has 0 fully saturated rings. The van der Waals surface area contributed by atoms with Crippen molar-refractivity contribution in [3.63, 3.8) is 0 Å². The summed E-state index contributed by atoms with van der Waals surface area (Å²) in [5.74, 6) is 1.71. The molecular weight excluding hydrogens is 292 g/mol. The van der Waals surface area contributed by atoms with Crippen LogP contribution in [-0.2, 0) is 18.4 Å². The standard InChI is InChI=1S/C13H16N4O3S/c1-17-12(15-16-13(17)21-8-11(14)18)7-20-10-6-4-3-5-9(10)19-2/h3-6H,7-8H2,1-2H3,(H2,14,18). The summed E-state index contributed by atoms with van der Waals surface area (Å²) in [5.41, 5.74) is 5.11. The first-order chi connectivity index (χ1) is 10.1. The van der Waals surface area contributed by atoms with Crippen LogP contribution in [0.15, 0.2) is 29.4 Å². The quantitative estimate of drug-likeness (QED) is 0.767. The van der Waals surface area contributed by atoms with Crippen LogP contribution in [0, 0.1) is 0 Å². The molecule has 0 saturated carbocycles. The predicted octanol–water partition coefficient (Wildman–Crippen LogP) is 0.980. The van der Waals surface area contributed by atoms with Gasteiger partial charge in [-0.1, -0.05) is 23.9 Å². The number of nitrogens with two attached hydrogens (primary N) is 1. The zero-order valence-electron chi connectivity index (χ0n) is 11.8. The Kier molecular flexibility index (Phi) is 5.04. The van der Waals surface area contributed by atoms with E-state index >= 15 is 0 Å². The van der Waals surface area contributed by atoms with Gasteiger partial charge in [-0.2, -0.15) is 0 Å². The Morgan fingerprint density at radius 3 is 2.71 bits per heavy atom. The Morgan fingerprint density at radius 2 is 2.05 bits per heavy atom. The van der Waals surface area contributed by atoms with Crippen molar-refractivity contribution in [2.75, 3.05) is 12.9 Å². The van der Waals surface area contributed by atoms with Gasteiger partial charge < -0.3 is 19.8 Å². The molecule has 1 aromatic carbocycles. The van der Waals surface area contributed by atoms with Crippen LogP contribution in [-0.4, -0.2) is 33.5 Å². The van der Waals surface area contributed by atoms with E-state index in [4.69, 9.17) is 15.2 Å². The smallest absolute Gasteiger partial charge is 0.227 e. The number of para-hydroxylation sites is 2. The van der Waals surface area contributed by atoms with Crippen molar-refractivity contribution in [2.45, 2.75) is 11.8 Å². The number of benzene rings is 1. The molecule has 112 valence electrons. The summed E-state index contributed by atoms with van der Waals surface area (Å²) < 4.78 is 12.7. The Hall–Kier alpha value is -2.22. The second kappa shape index (κ2) is 6.98. The molecule has 8 heteroatoms. The number of amides is 1. The van der Waals surface area contributed by atoms with Crippen LogP contribution >= 0.6 is 11.8 Å². The first-order valence-corrected chi connectivity index (χ1v) is 7.15. The van der Waals surface area contributed by atoms with Gasteiger partial charge in [-0.25, -0.2) is 0 Å². The van der Waals surface area contributed by atoms with Crippen LogP contribution in [0.2, 0.25) is 0 Å². The lowest BCUT2D eigenvalue weighted by Crippen LogP contribution is -2.13. The Bertz CT molecular complexity index is 630. The summed E-state index contributed by atoms with van der Waals surface area (Å²) in [5, 5.41) is 8.66. The lowest BCUT2D eigenvalue weighted by Gasteiger charge is -2.09.